The summed E-state index contributed by atoms with van der Waals surface area (Å²) in [7, 11) is 0. The van der Waals surface area contributed by atoms with Crippen LogP contribution >= 0.6 is 27.3 Å². The first kappa shape index (κ1) is 18.8. The average molecular weight is 461 g/mol. The second-order valence-corrected chi connectivity index (χ2v) is 7.64. The summed E-state index contributed by atoms with van der Waals surface area (Å²) in [5.41, 5.74) is 1.90. The number of ether oxygens (including phenoxy) is 3. The van der Waals surface area contributed by atoms with Gasteiger partial charge in [0.1, 0.15) is 29.7 Å². The van der Waals surface area contributed by atoms with Crippen molar-refractivity contribution in [3.05, 3.63) is 51.9 Å². The molecule has 144 valence electrons. The van der Waals surface area contributed by atoms with Crippen molar-refractivity contribution in [2.45, 2.75) is 6.92 Å². The van der Waals surface area contributed by atoms with E-state index in [1.807, 2.05) is 31.2 Å². The van der Waals surface area contributed by atoms with Crippen LogP contribution in [0.25, 0.3) is 10.6 Å². The number of benzene rings is 2. The van der Waals surface area contributed by atoms with Crippen LogP contribution in [0.3, 0.4) is 0 Å². The quantitative estimate of drug-likeness (QED) is 0.580. The number of anilines is 1. The van der Waals surface area contributed by atoms with Crippen LogP contribution in [-0.4, -0.2) is 30.7 Å². The van der Waals surface area contributed by atoms with Gasteiger partial charge in [0.2, 0.25) is 0 Å². The summed E-state index contributed by atoms with van der Waals surface area (Å²) >= 11 is 4.88. The Morgan fingerprint density at radius 3 is 2.64 bits per heavy atom. The first-order valence-corrected chi connectivity index (χ1v) is 10.4. The van der Waals surface area contributed by atoms with E-state index in [2.05, 4.69) is 26.2 Å². The zero-order valence-electron chi connectivity index (χ0n) is 15.0. The highest BCUT2D eigenvalue weighted by molar-refractivity contribution is 9.10. The zero-order valence-corrected chi connectivity index (χ0v) is 17.4. The number of carbonyl (C=O) groups excluding carboxylic acids is 1. The first-order chi connectivity index (χ1) is 13.6. The van der Waals surface area contributed by atoms with Crippen LogP contribution in [0.4, 0.5) is 5.69 Å². The molecular formula is C20H17BrN2O4S. The molecule has 8 heteroatoms. The number of thiazole rings is 1. The van der Waals surface area contributed by atoms with Crippen molar-refractivity contribution in [3.8, 4) is 27.8 Å². The fourth-order valence-electron chi connectivity index (χ4n) is 2.72. The van der Waals surface area contributed by atoms with Crippen LogP contribution in [0.5, 0.6) is 17.2 Å². The lowest BCUT2D eigenvalue weighted by Gasteiger charge is -2.20. The molecule has 1 aliphatic rings. The molecule has 0 unspecified atom stereocenters. The highest BCUT2D eigenvalue weighted by atomic mass is 79.9. The lowest BCUT2D eigenvalue weighted by Crippen LogP contribution is -2.17. The molecule has 0 radical (unpaired) electrons. The van der Waals surface area contributed by atoms with Crippen molar-refractivity contribution >= 4 is 38.9 Å². The second-order valence-electron chi connectivity index (χ2n) is 5.93. The third-order valence-corrected chi connectivity index (χ3v) is 5.58. The molecular weight excluding hydrogens is 444 g/mol. The average Bonchev–Trinajstić information content (AvgIpc) is 3.20. The predicted octanol–water partition coefficient (Wildman–Crippen LogP) is 4.99. The molecule has 0 spiro atoms. The number of hydrogen-bond donors (Lipinski definition) is 1. The summed E-state index contributed by atoms with van der Waals surface area (Å²) in [6.45, 7) is 3.56. The van der Waals surface area contributed by atoms with Crippen molar-refractivity contribution in [1.82, 2.24) is 4.98 Å². The minimum absolute atomic E-state index is 0.286. The van der Waals surface area contributed by atoms with E-state index in [9.17, 15) is 4.79 Å². The maximum atomic E-state index is 12.6. The van der Waals surface area contributed by atoms with Gasteiger partial charge in [0, 0.05) is 27.5 Å². The molecule has 1 aliphatic heterocycles. The molecule has 0 atom stereocenters. The Kier molecular flexibility index (Phi) is 5.50. The summed E-state index contributed by atoms with van der Waals surface area (Å²) in [5, 5.41) is 5.39. The number of fused-ring (bicyclic) bond motifs is 1. The highest BCUT2D eigenvalue weighted by Gasteiger charge is 2.18. The molecule has 4 rings (SSSR count). The van der Waals surface area contributed by atoms with E-state index < -0.39 is 0 Å². The van der Waals surface area contributed by atoms with Crippen molar-refractivity contribution in [3.63, 3.8) is 0 Å². The number of halogens is 1. The lowest BCUT2D eigenvalue weighted by atomic mass is 10.2. The van der Waals surface area contributed by atoms with Gasteiger partial charge in [-0.1, -0.05) is 0 Å². The van der Waals surface area contributed by atoms with Crippen LogP contribution in [0.15, 0.2) is 46.3 Å². The van der Waals surface area contributed by atoms with E-state index >= 15 is 0 Å². The van der Waals surface area contributed by atoms with Gasteiger partial charge >= 0.3 is 0 Å². The van der Waals surface area contributed by atoms with Gasteiger partial charge in [-0.05, 0) is 47.1 Å². The van der Waals surface area contributed by atoms with Crippen molar-refractivity contribution < 1.29 is 19.0 Å². The second kappa shape index (κ2) is 8.20. The summed E-state index contributed by atoms with van der Waals surface area (Å²) in [4.78, 5) is 17.1. The van der Waals surface area contributed by atoms with Crippen LogP contribution in [0.1, 0.15) is 17.4 Å². The van der Waals surface area contributed by atoms with Crippen LogP contribution in [0.2, 0.25) is 0 Å². The maximum absolute atomic E-state index is 12.6. The Hall–Kier alpha value is -2.58. The van der Waals surface area contributed by atoms with Gasteiger partial charge in [-0.15, -0.1) is 11.3 Å². The summed E-state index contributed by atoms with van der Waals surface area (Å²) in [6.07, 6.45) is 0. The van der Waals surface area contributed by atoms with Gasteiger partial charge < -0.3 is 19.5 Å². The van der Waals surface area contributed by atoms with E-state index in [0.29, 0.717) is 47.2 Å². The molecule has 6 nitrogen and oxygen atoms in total. The molecule has 2 heterocycles. The molecule has 1 amide bonds. The van der Waals surface area contributed by atoms with Gasteiger partial charge in [0.05, 0.1) is 12.3 Å². The van der Waals surface area contributed by atoms with Gasteiger partial charge in [-0.25, -0.2) is 4.98 Å². The number of carbonyl (C=O) groups is 1. The monoisotopic (exact) mass is 460 g/mol. The molecule has 0 bridgehead atoms. The minimum atomic E-state index is -0.286. The normalized spacial score (nSPS) is 12.5. The molecule has 1 N–H and O–H groups in total. The SMILES string of the molecule is CCOc1ccc(-c2nc(C(=O)Nc3cc4c(cc3Br)OCCO4)cs2)cc1. The zero-order chi connectivity index (χ0) is 19.5. The number of nitrogens with one attached hydrogen (secondary N) is 1. The lowest BCUT2D eigenvalue weighted by molar-refractivity contribution is 0.102. The van der Waals surface area contributed by atoms with Gasteiger partial charge in [-0.3, -0.25) is 4.79 Å². The Bertz CT molecular complexity index is 1000. The third-order valence-electron chi connectivity index (χ3n) is 4.03. The van der Waals surface area contributed by atoms with E-state index in [1.165, 1.54) is 11.3 Å². The fourth-order valence-corrected chi connectivity index (χ4v) is 3.94. The third kappa shape index (κ3) is 3.98. The Morgan fingerprint density at radius 2 is 1.93 bits per heavy atom. The molecule has 3 aromatic rings. The largest absolute Gasteiger partial charge is 0.494 e. The minimum Gasteiger partial charge on any atom is -0.494 e. The molecule has 2 aromatic carbocycles. The van der Waals surface area contributed by atoms with Gasteiger partial charge in [0.25, 0.3) is 5.91 Å². The number of nitrogens with zero attached hydrogens (tertiary/aromatic N) is 1. The fraction of sp³-hybridized carbons (Fsp3) is 0.200. The number of amides is 1. The number of aromatic nitrogens is 1. The first-order valence-electron chi connectivity index (χ1n) is 8.73. The van der Waals surface area contributed by atoms with Gasteiger partial charge in [0.15, 0.2) is 11.5 Å². The predicted molar refractivity (Wildman–Crippen MR) is 112 cm³/mol. The van der Waals surface area contributed by atoms with Crippen molar-refractivity contribution in [2.24, 2.45) is 0 Å². The Labute approximate surface area is 174 Å². The molecule has 0 saturated carbocycles. The number of rotatable bonds is 5. The summed E-state index contributed by atoms with van der Waals surface area (Å²) < 4.78 is 17.3. The van der Waals surface area contributed by atoms with Crippen molar-refractivity contribution in [2.75, 3.05) is 25.1 Å². The van der Waals surface area contributed by atoms with Crippen LogP contribution < -0.4 is 19.5 Å². The molecule has 1 aromatic heterocycles. The van der Waals surface area contributed by atoms with Crippen molar-refractivity contribution in [1.29, 1.82) is 0 Å². The maximum Gasteiger partial charge on any atom is 0.275 e. The molecule has 0 saturated heterocycles. The van der Waals surface area contributed by atoms with E-state index in [0.717, 1.165) is 16.3 Å². The molecule has 0 aliphatic carbocycles. The number of hydrogen-bond acceptors (Lipinski definition) is 6. The smallest absolute Gasteiger partial charge is 0.275 e. The molecule has 0 fully saturated rings. The summed E-state index contributed by atoms with van der Waals surface area (Å²) in [6, 6.07) is 11.2. The van der Waals surface area contributed by atoms with E-state index in [1.54, 1.807) is 17.5 Å². The van der Waals surface area contributed by atoms with Crippen LogP contribution in [0, 0.1) is 0 Å². The molecule has 28 heavy (non-hydrogen) atoms. The standard InChI is InChI=1S/C20H17BrN2O4S/c1-2-25-13-5-3-12(4-6-13)20-23-16(11-28-20)19(24)22-15-10-18-17(9-14(15)21)26-7-8-27-18/h3-6,9-11H,2,7-8H2,1H3,(H,22,24). The Morgan fingerprint density at radius 1 is 1.21 bits per heavy atom. The van der Waals surface area contributed by atoms with E-state index in [4.69, 9.17) is 14.2 Å². The van der Waals surface area contributed by atoms with Crippen LogP contribution in [-0.2, 0) is 0 Å². The summed E-state index contributed by atoms with van der Waals surface area (Å²) in [5.74, 6) is 1.79. The Balaban J connectivity index is 1.50. The topological polar surface area (TPSA) is 69.7 Å². The van der Waals surface area contributed by atoms with E-state index in [-0.39, 0.29) is 5.91 Å². The highest BCUT2D eigenvalue weighted by Crippen LogP contribution is 2.38. The van der Waals surface area contributed by atoms with Gasteiger partial charge in [-0.2, -0.15) is 0 Å².